The van der Waals surface area contributed by atoms with Gasteiger partial charge >= 0.3 is 0 Å². The number of nitrogens with one attached hydrogen (secondary N) is 1. The summed E-state index contributed by atoms with van der Waals surface area (Å²) in [6.45, 7) is 5.41. The number of rotatable bonds is 7. The van der Waals surface area contributed by atoms with Crippen molar-refractivity contribution in [2.75, 3.05) is 25.5 Å². The Hall–Kier alpha value is 0.270. The van der Waals surface area contributed by atoms with E-state index in [0.717, 1.165) is 37.0 Å². The predicted molar refractivity (Wildman–Crippen MR) is 66.5 cm³/mol. The van der Waals surface area contributed by atoms with E-state index in [4.69, 9.17) is 4.74 Å². The molecule has 0 bridgehead atoms. The van der Waals surface area contributed by atoms with Gasteiger partial charge in [0, 0.05) is 30.3 Å². The summed E-state index contributed by atoms with van der Waals surface area (Å²) in [6, 6.07) is 0.758. The number of hydrogen-bond acceptors (Lipinski definition) is 3. The third-order valence-corrected chi connectivity index (χ3v) is 4.50. The second-order valence-electron chi connectivity index (χ2n) is 4.90. The van der Waals surface area contributed by atoms with E-state index in [-0.39, 0.29) is 0 Å². The van der Waals surface area contributed by atoms with Gasteiger partial charge in [0.25, 0.3) is 0 Å². The minimum atomic E-state index is 0.758. The van der Waals surface area contributed by atoms with Crippen molar-refractivity contribution in [3.63, 3.8) is 0 Å². The molecule has 2 fully saturated rings. The Morgan fingerprint density at radius 2 is 2.27 bits per heavy atom. The molecule has 1 N–H and O–H groups in total. The summed E-state index contributed by atoms with van der Waals surface area (Å²) in [5.74, 6) is 2.20. The Bertz CT molecular complexity index is 184. The second kappa shape index (κ2) is 6.12. The van der Waals surface area contributed by atoms with Crippen LogP contribution in [-0.2, 0) is 4.74 Å². The molecule has 2 atom stereocenters. The second-order valence-corrected chi connectivity index (χ2v) is 6.37. The molecule has 0 radical (unpaired) electrons. The quantitative estimate of drug-likeness (QED) is 0.677. The molecule has 0 spiro atoms. The van der Waals surface area contributed by atoms with E-state index in [2.05, 4.69) is 24.0 Å². The maximum Gasteiger partial charge on any atom is 0.0494 e. The molecule has 0 aromatic rings. The molecule has 1 aliphatic carbocycles. The highest BCUT2D eigenvalue weighted by atomic mass is 32.2. The molecule has 2 unspecified atom stereocenters. The van der Waals surface area contributed by atoms with Crippen LogP contribution >= 0.6 is 11.8 Å². The van der Waals surface area contributed by atoms with Crippen molar-refractivity contribution in [1.82, 2.24) is 5.32 Å². The monoisotopic (exact) mass is 229 g/mol. The zero-order valence-electron chi connectivity index (χ0n) is 9.71. The predicted octanol–water partition coefficient (Wildman–Crippen LogP) is 2.29. The summed E-state index contributed by atoms with van der Waals surface area (Å²) < 4.78 is 5.60. The molecule has 2 aliphatic rings. The van der Waals surface area contributed by atoms with Crippen molar-refractivity contribution in [2.45, 2.75) is 43.9 Å². The minimum Gasteiger partial charge on any atom is -0.381 e. The van der Waals surface area contributed by atoms with Gasteiger partial charge in [-0.25, -0.2) is 0 Å². The van der Waals surface area contributed by atoms with Gasteiger partial charge in [-0.1, -0.05) is 6.92 Å². The maximum absolute atomic E-state index is 5.60. The van der Waals surface area contributed by atoms with Crippen molar-refractivity contribution >= 4 is 11.8 Å². The van der Waals surface area contributed by atoms with Crippen LogP contribution in [0.15, 0.2) is 0 Å². The smallest absolute Gasteiger partial charge is 0.0494 e. The lowest BCUT2D eigenvalue weighted by Crippen LogP contribution is -2.30. The van der Waals surface area contributed by atoms with Gasteiger partial charge in [-0.3, -0.25) is 0 Å². The van der Waals surface area contributed by atoms with Crippen LogP contribution in [0.4, 0.5) is 0 Å². The van der Waals surface area contributed by atoms with Gasteiger partial charge in [0.1, 0.15) is 0 Å². The maximum atomic E-state index is 5.60. The standard InChI is InChI=1S/C12H23NOS/c1-10-7-12(9-15-10)13-5-2-6-14-8-11-3-4-11/h10-13H,2-9H2,1H3. The van der Waals surface area contributed by atoms with Crippen LogP contribution in [0.1, 0.15) is 32.6 Å². The van der Waals surface area contributed by atoms with Gasteiger partial charge in [-0.2, -0.15) is 11.8 Å². The lowest BCUT2D eigenvalue weighted by Gasteiger charge is -2.11. The average molecular weight is 229 g/mol. The highest BCUT2D eigenvalue weighted by molar-refractivity contribution is 8.00. The molecular formula is C12H23NOS. The first-order valence-electron chi connectivity index (χ1n) is 6.27. The fraction of sp³-hybridized carbons (Fsp3) is 1.00. The van der Waals surface area contributed by atoms with Crippen molar-refractivity contribution < 1.29 is 4.74 Å². The molecule has 0 aromatic heterocycles. The van der Waals surface area contributed by atoms with Crippen LogP contribution < -0.4 is 5.32 Å². The molecule has 1 saturated heterocycles. The van der Waals surface area contributed by atoms with Crippen molar-refractivity contribution in [3.05, 3.63) is 0 Å². The van der Waals surface area contributed by atoms with Crippen LogP contribution in [0.25, 0.3) is 0 Å². The Morgan fingerprint density at radius 3 is 2.93 bits per heavy atom. The highest BCUT2D eigenvalue weighted by Crippen LogP contribution is 2.28. The summed E-state index contributed by atoms with van der Waals surface area (Å²) in [5.41, 5.74) is 0. The Kier molecular flexibility index (Phi) is 4.79. The fourth-order valence-electron chi connectivity index (χ4n) is 1.97. The van der Waals surface area contributed by atoms with E-state index in [0.29, 0.717) is 0 Å². The van der Waals surface area contributed by atoms with E-state index in [1.165, 1.54) is 31.4 Å². The molecule has 1 aliphatic heterocycles. The lowest BCUT2D eigenvalue weighted by molar-refractivity contribution is 0.121. The first-order chi connectivity index (χ1) is 7.34. The van der Waals surface area contributed by atoms with E-state index < -0.39 is 0 Å². The van der Waals surface area contributed by atoms with Crippen LogP contribution in [0.5, 0.6) is 0 Å². The Morgan fingerprint density at radius 1 is 1.40 bits per heavy atom. The van der Waals surface area contributed by atoms with Crippen LogP contribution in [-0.4, -0.2) is 36.8 Å². The third kappa shape index (κ3) is 4.75. The number of ether oxygens (including phenoxy) is 1. The van der Waals surface area contributed by atoms with Crippen molar-refractivity contribution in [1.29, 1.82) is 0 Å². The summed E-state index contributed by atoms with van der Waals surface area (Å²) in [5, 5.41) is 4.47. The Balaban J connectivity index is 1.38. The molecule has 1 heterocycles. The number of thioether (sulfide) groups is 1. The molecule has 3 heteroatoms. The lowest BCUT2D eigenvalue weighted by atomic mass is 10.2. The zero-order valence-corrected chi connectivity index (χ0v) is 10.5. The normalized spacial score (nSPS) is 31.0. The number of hydrogen-bond donors (Lipinski definition) is 1. The molecule has 2 rings (SSSR count). The Labute approximate surface area is 97.5 Å². The molecule has 2 nitrogen and oxygen atoms in total. The largest absolute Gasteiger partial charge is 0.381 e. The van der Waals surface area contributed by atoms with E-state index >= 15 is 0 Å². The molecule has 0 amide bonds. The third-order valence-electron chi connectivity index (χ3n) is 3.15. The van der Waals surface area contributed by atoms with Gasteiger partial charge in [0.2, 0.25) is 0 Å². The van der Waals surface area contributed by atoms with Crippen molar-refractivity contribution in [3.8, 4) is 0 Å². The zero-order chi connectivity index (χ0) is 10.5. The van der Waals surface area contributed by atoms with Crippen LogP contribution in [0.2, 0.25) is 0 Å². The molecular weight excluding hydrogens is 206 g/mol. The molecule has 15 heavy (non-hydrogen) atoms. The van der Waals surface area contributed by atoms with Crippen molar-refractivity contribution in [2.24, 2.45) is 5.92 Å². The fourth-order valence-corrected chi connectivity index (χ4v) is 3.16. The van der Waals surface area contributed by atoms with Gasteiger partial charge in [-0.05, 0) is 38.1 Å². The average Bonchev–Trinajstić information content (AvgIpc) is 2.95. The van der Waals surface area contributed by atoms with E-state index in [9.17, 15) is 0 Å². The van der Waals surface area contributed by atoms with Gasteiger partial charge in [0.15, 0.2) is 0 Å². The van der Waals surface area contributed by atoms with E-state index in [1.807, 2.05) is 0 Å². The first-order valence-corrected chi connectivity index (χ1v) is 7.32. The minimum absolute atomic E-state index is 0.758. The SMILES string of the molecule is CC1CC(NCCCOCC2CC2)CS1. The van der Waals surface area contributed by atoms with Gasteiger partial charge in [-0.15, -0.1) is 0 Å². The summed E-state index contributed by atoms with van der Waals surface area (Å²) in [6.07, 6.45) is 5.31. The topological polar surface area (TPSA) is 21.3 Å². The first kappa shape index (κ1) is 11.7. The van der Waals surface area contributed by atoms with Crippen LogP contribution in [0.3, 0.4) is 0 Å². The van der Waals surface area contributed by atoms with Gasteiger partial charge in [0.05, 0.1) is 0 Å². The van der Waals surface area contributed by atoms with Gasteiger partial charge < -0.3 is 10.1 Å². The summed E-state index contributed by atoms with van der Waals surface area (Å²) in [4.78, 5) is 0. The highest BCUT2D eigenvalue weighted by Gasteiger charge is 2.21. The van der Waals surface area contributed by atoms with E-state index in [1.54, 1.807) is 0 Å². The molecule has 0 aromatic carbocycles. The molecule has 1 saturated carbocycles. The summed E-state index contributed by atoms with van der Waals surface area (Å²) in [7, 11) is 0. The van der Waals surface area contributed by atoms with Crippen LogP contribution in [0, 0.1) is 5.92 Å². The molecule has 88 valence electrons. The summed E-state index contributed by atoms with van der Waals surface area (Å²) >= 11 is 2.09.